The molecule has 1 rings (SSSR count). The predicted molar refractivity (Wildman–Crippen MR) is 57.9 cm³/mol. The zero-order chi connectivity index (χ0) is 12.0. The van der Waals surface area contributed by atoms with Crippen molar-refractivity contribution in [1.29, 1.82) is 0 Å². The van der Waals surface area contributed by atoms with Gasteiger partial charge in [-0.1, -0.05) is 0 Å². The van der Waals surface area contributed by atoms with Gasteiger partial charge in [-0.2, -0.15) is 0 Å². The highest BCUT2D eigenvalue weighted by atomic mass is 16.5. The van der Waals surface area contributed by atoms with E-state index in [1.54, 1.807) is 12.0 Å². The Hall–Kier alpha value is -1.10. The number of nitrogens with zero attached hydrogens (tertiary/aromatic N) is 1. The topological polar surface area (TPSA) is 55.8 Å². The quantitative estimate of drug-likeness (QED) is 0.511. The third-order valence-electron chi connectivity index (χ3n) is 2.79. The minimum atomic E-state index is -0.375. The summed E-state index contributed by atoms with van der Waals surface area (Å²) in [6, 6.07) is -0.375. The molecule has 1 aliphatic rings. The average molecular weight is 229 g/mol. The first-order valence-electron chi connectivity index (χ1n) is 5.57. The van der Waals surface area contributed by atoms with Crippen LogP contribution in [-0.4, -0.2) is 50.2 Å². The number of hydrogen-bond acceptors (Lipinski definition) is 4. The zero-order valence-electron chi connectivity index (χ0n) is 9.90. The second kappa shape index (κ2) is 6.48. The van der Waals surface area contributed by atoms with Gasteiger partial charge < -0.3 is 14.4 Å². The number of hydrogen-bond donors (Lipinski definition) is 0. The van der Waals surface area contributed by atoms with Gasteiger partial charge in [-0.25, -0.2) is 4.79 Å². The first kappa shape index (κ1) is 13.0. The van der Waals surface area contributed by atoms with E-state index in [2.05, 4.69) is 4.74 Å². The van der Waals surface area contributed by atoms with E-state index in [-0.39, 0.29) is 17.9 Å². The molecule has 1 unspecified atom stereocenters. The molecule has 1 amide bonds. The summed E-state index contributed by atoms with van der Waals surface area (Å²) < 4.78 is 9.57. The number of likely N-dealkylation sites (tertiary alicyclic amines) is 1. The Balaban J connectivity index is 2.44. The molecule has 0 radical (unpaired) electrons. The van der Waals surface area contributed by atoms with Crippen molar-refractivity contribution in [3.8, 4) is 0 Å². The van der Waals surface area contributed by atoms with E-state index in [1.165, 1.54) is 7.11 Å². The Bertz CT molecular complexity index is 254. The Kier molecular flexibility index (Phi) is 5.25. The molecule has 5 heteroatoms. The highest BCUT2D eigenvalue weighted by molar-refractivity contribution is 5.85. The van der Waals surface area contributed by atoms with Crippen LogP contribution in [-0.2, 0) is 19.1 Å². The van der Waals surface area contributed by atoms with E-state index in [4.69, 9.17) is 4.74 Å². The molecule has 0 aromatic carbocycles. The Morgan fingerprint density at radius 2 is 2.12 bits per heavy atom. The molecular formula is C11H19NO4. The molecule has 0 aromatic rings. The zero-order valence-corrected chi connectivity index (χ0v) is 9.90. The van der Waals surface area contributed by atoms with E-state index < -0.39 is 0 Å². The molecule has 5 nitrogen and oxygen atoms in total. The number of carbonyl (C=O) groups is 2. The van der Waals surface area contributed by atoms with Crippen LogP contribution in [0.3, 0.4) is 0 Å². The molecule has 1 saturated heterocycles. The van der Waals surface area contributed by atoms with Gasteiger partial charge in [-0.15, -0.1) is 0 Å². The van der Waals surface area contributed by atoms with Gasteiger partial charge >= 0.3 is 5.97 Å². The highest BCUT2D eigenvalue weighted by Gasteiger charge is 2.34. The lowest BCUT2D eigenvalue weighted by molar-refractivity contribution is -0.151. The molecule has 1 heterocycles. The Labute approximate surface area is 95.7 Å². The minimum Gasteiger partial charge on any atom is -0.467 e. The smallest absolute Gasteiger partial charge is 0.328 e. The van der Waals surface area contributed by atoms with Gasteiger partial charge in [-0.05, 0) is 19.3 Å². The number of carbonyl (C=O) groups excluding carboxylic acids is 2. The normalized spacial score (nSPS) is 19.9. The fourth-order valence-corrected chi connectivity index (χ4v) is 1.96. The molecule has 92 valence electrons. The van der Waals surface area contributed by atoms with E-state index in [0.29, 0.717) is 32.4 Å². The largest absolute Gasteiger partial charge is 0.467 e. The van der Waals surface area contributed by atoms with Crippen LogP contribution in [0.4, 0.5) is 0 Å². The third kappa shape index (κ3) is 3.20. The standard InChI is InChI=1S/C11H19NO4/c1-15-8-4-6-10(13)12-7-3-5-9(12)11(14)16-2/h9H,3-8H2,1-2H3. The minimum absolute atomic E-state index is 0.0185. The van der Waals surface area contributed by atoms with Crippen LogP contribution >= 0.6 is 0 Å². The molecule has 1 atom stereocenters. The van der Waals surface area contributed by atoms with Gasteiger partial charge in [-0.3, -0.25) is 4.79 Å². The second-order valence-electron chi connectivity index (χ2n) is 3.86. The van der Waals surface area contributed by atoms with Gasteiger partial charge in [0.1, 0.15) is 6.04 Å². The molecule has 0 aromatic heterocycles. The molecule has 0 aliphatic carbocycles. The fraction of sp³-hybridized carbons (Fsp3) is 0.818. The maximum Gasteiger partial charge on any atom is 0.328 e. The highest BCUT2D eigenvalue weighted by Crippen LogP contribution is 2.19. The molecule has 1 aliphatic heterocycles. The molecule has 1 fully saturated rings. The SMILES string of the molecule is COCCCC(=O)N1CCCC1C(=O)OC. The maximum atomic E-state index is 11.8. The lowest BCUT2D eigenvalue weighted by Gasteiger charge is -2.22. The van der Waals surface area contributed by atoms with Crippen molar-refractivity contribution in [2.24, 2.45) is 0 Å². The second-order valence-corrected chi connectivity index (χ2v) is 3.86. The molecule has 16 heavy (non-hydrogen) atoms. The van der Waals surface area contributed by atoms with Crippen molar-refractivity contribution in [2.45, 2.75) is 31.7 Å². The first-order valence-corrected chi connectivity index (χ1v) is 5.57. The number of amides is 1. The summed E-state index contributed by atoms with van der Waals surface area (Å²) in [4.78, 5) is 24.9. The fourth-order valence-electron chi connectivity index (χ4n) is 1.96. The van der Waals surface area contributed by atoms with Crippen molar-refractivity contribution in [3.63, 3.8) is 0 Å². The molecular weight excluding hydrogens is 210 g/mol. The van der Waals surface area contributed by atoms with Crippen molar-refractivity contribution >= 4 is 11.9 Å². The number of ether oxygens (including phenoxy) is 2. The summed E-state index contributed by atoms with van der Waals surface area (Å²) >= 11 is 0. The van der Waals surface area contributed by atoms with E-state index in [1.807, 2.05) is 0 Å². The van der Waals surface area contributed by atoms with Crippen LogP contribution in [0.2, 0.25) is 0 Å². The third-order valence-corrected chi connectivity index (χ3v) is 2.79. The van der Waals surface area contributed by atoms with Gasteiger partial charge in [0.25, 0.3) is 0 Å². The lowest BCUT2D eigenvalue weighted by atomic mass is 10.2. The number of methoxy groups -OCH3 is 2. The average Bonchev–Trinajstić information content (AvgIpc) is 2.77. The Morgan fingerprint density at radius 3 is 2.75 bits per heavy atom. The van der Waals surface area contributed by atoms with Crippen LogP contribution in [0.5, 0.6) is 0 Å². The maximum absolute atomic E-state index is 11.8. The molecule has 0 bridgehead atoms. The van der Waals surface area contributed by atoms with Crippen LogP contribution in [0.25, 0.3) is 0 Å². The molecule has 0 saturated carbocycles. The van der Waals surface area contributed by atoms with Gasteiger partial charge in [0.15, 0.2) is 0 Å². The summed E-state index contributed by atoms with van der Waals surface area (Å²) in [6.07, 6.45) is 2.71. The lowest BCUT2D eigenvalue weighted by Crippen LogP contribution is -2.41. The van der Waals surface area contributed by atoms with Crippen molar-refractivity contribution in [1.82, 2.24) is 4.90 Å². The summed E-state index contributed by atoms with van der Waals surface area (Å²) in [5.41, 5.74) is 0. The van der Waals surface area contributed by atoms with Crippen LogP contribution in [0.1, 0.15) is 25.7 Å². The number of esters is 1. The monoisotopic (exact) mass is 229 g/mol. The van der Waals surface area contributed by atoms with Gasteiger partial charge in [0, 0.05) is 26.7 Å². The summed E-state index contributed by atoms with van der Waals surface area (Å²) in [6.45, 7) is 1.23. The van der Waals surface area contributed by atoms with Crippen molar-refractivity contribution < 1.29 is 19.1 Å². The van der Waals surface area contributed by atoms with Crippen LogP contribution in [0, 0.1) is 0 Å². The van der Waals surface area contributed by atoms with E-state index in [9.17, 15) is 9.59 Å². The van der Waals surface area contributed by atoms with E-state index >= 15 is 0 Å². The number of rotatable bonds is 5. The summed E-state index contributed by atoms with van der Waals surface area (Å²) in [5.74, 6) is -0.289. The Morgan fingerprint density at radius 1 is 1.38 bits per heavy atom. The van der Waals surface area contributed by atoms with Gasteiger partial charge in [0.05, 0.1) is 7.11 Å². The first-order chi connectivity index (χ1) is 7.70. The van der Waals surface area contributed by atoms with Crippen molar-refractivity contribution in [2.75, 3.05) is 27.4 Å². The van der Waals surface area contributed by atoms with E-state index in [0.717, 1.165) is 6.42 Å². The summed E-state index contributed by atoms with van der Waals surface area (Å²) in [5, 5.41) is 0. The summed E-state index contributed by atoms with van der Waals surface area (Å²) in [7, 11) is 2.96. The van der Waals surface area contributed by atoms with Crippen molar-refractivity contribution in [3.05, 3.63) is 0 Å². The molecule has 0 N–H and O–H groups in total. The predicted octanol–water partition coefficient (Wildman–Crippen LogP) is 0.577. The van der Waals surface area contributed by atoms with Crippen LogP contribution in [0.15, 0.2) is 0 Å². The van der Waals surface area contributed by atoms with Gasteiger partial charge in [0.2, 0.25) is 5.91 Å². The molecule has 0 spiro atoms. The van der Waals surface area contributed by atoms with Crippen LogP contribution < -0.4 is 0 Å².